The Balaban J connectivity index is 1.27. The van der Waals surface area contributed by atoms with Crippen molar-refractivity contribution in [3.8, 4) is 5.69 Å². The van der Waals surface area contributed by atoms with Gasteiger partial charge in [-0.25, -0.2) is 4.39 Å². The van der Waals surface area contributed by atoms with Crippen LogP contribution in [0, 0.1) is 5.82 Å². The highest BCUT2D eigenvalue weighted by Crippen LogP contribution is 2.45. The number of halogens is 1. The van der Waals surface area contributed by atoms with Crippen LogP contribution in [0.5, 0.6) is 0 Å². The molecule has 222 valence electrons. The maximum absolute atomic E-state index is 13.9. The maximum atomic E-state index is 13.9. The van der Waals surface area contributed by atoms with E-state index in [0.717, 1.165) is 88.4 Å². The maximum Gasteiger partial charge on any atom is 0.137 e. The number of benzene rings is 7. The van der Waals surface area contributed by atoms with Gasteiger partial charge in [-0.15, -0.1) is 0 Å². The molecule has 3 aromatic heterocycles. The van der Waals surface area contributed by atoms with Gasteiger partial charge in [-0.2, -0.15) is 0 Å². The van der Waals surface area contributed by atoms with Gasteiger partial charge in [0.2, 0.25) is 0 Å². The van der Waals surface area contributed by atoms with Gasteiger partial charge < -0.3 is 18.3 Å². The lowest BCUT2D eigenvalue weighted by Gasteiger charge is -2.26. The summed E-state index contributed by atoms with van der Waals surface area (Å²) in [5.74, 6) is -0.255. The van der Waals surface area contributed by atoms with E-state index >= 15 is 0 Å². The van der Waals surface area contributed by atoms with Crippen LogP contribution in [0.3, 0.4) is 0 Å². The van der Waals surface area contributed by atoms with Crippen LogP contribution in [0.1, 0.15) is 0 Å². The second kappa shape index (κ2) is 9.83. The van der Waals surface area contributed by atoms with E-state index in [1.165, 1.54) is 12.1 Å². The van der Waals surface area contributed by atoms with E-state index in [4.69, 9.17) is 8.83 Å². The van der Waals surface area contributed by atoms with E-state index in [1.807, 2.05) is 60.7 Å². The predicted octanol–water partition coefficient (Wildman–Crippen LogP) is 12.2. The number of nitrogens with zero attached hydrogens (tertiary/aromatic N) is 2. The quantitative estimate of drug-likeness (QED) is 0.199. The van der Waals surface area contributed by atoms with Gasteiger partial charge in [-0.1, -0.05) is 60.7 Å². The molecule has 47 heavy (non-hydrogen) atoms. The first-order valence-electron chi connectivity index (χ1n) is 15.6. The van der Waals surface area contributed by atoms with Gasteiger partial charge in [0, 0.05) is 50.1 Å². The monoisotopic (exact) mass is 608 g/mol. The Kier molecular flexibility index (Phi) is 5.43. The van der Waals surface area contributed by atoms with Crippen molar-refractivity contribution in [2.24, 2.45) is 0 Å². The lowest BCUT2D eigenvalue weighted by atomic mass is 10.1. The van der Waals surface area contributed by atoms with Gasteiger partial charge in [0.1, 0.15) is 28.1 Å². The van der Waals surface area contributed by atoms with Crippen LogP contribution in [0.25, 0.3) is 71.4 Å². The fourth-order valence-electron chi connectivity index (χ4n) is 7.19. The van der Waals surface area contributed by atoms with E-state index < -0.39 is 0 Å². The molecule has 0 saturated heterocycles. The molecule has 0 aliphatic carbocycles. The number of hydrogen-bond acceptors (Lipinski definition) is 3. The molecule has 0 radical (unpaired) electrons. The van der Waals surface area contributed by atoms with Crippen LogP contribution in [-0.2, 0) is 0 Å². The Morgan fingerprint density at radius 2 is 1.06 bits per heavy atom. The van der Waals surface area contributed by atoms with Crippen LogP contribution >= 0.6 is 0 Å². The molecule has 0 N–H and O–H groups in total. The molecule has 0 fully saturated rings. The molecule has 5 heteroatoms. The van der Waals surface area contributed by atoms with Crippen LogP contribution in [0.4, 0.5) is 21.5 Å². The molecular formula is C42H25FN2O2. The fraction of sp³-hybridized carbons (Fsp3) is 0. The molecule has 0 unspecified atom stereocenters. The Morgan fingerprint density at radius 1 is 0.447 bits per heavy atom. The van der Waals surface area contributed by atoms with Crippen molar-refractivity contribution in [1.29, 1.82) is 0 Å². The Bertz CT molecular complexity index is 2820. The zero-order valence-corrected chi connectivity index (χ0v) is 25.0. The minimum atomic E-state index is -0.255. The molecule has 0 saturated carbocycles. The number of hydrogen-bond donors (Lipinski definition) is 0. The highest BCUT2D eigenvalue weighted by atomic mass is 19.1. The molecule has 10 rings (SSSR count). The molecule has 3 heterocycles. The Labute approximate surface area is 268 Å². The lowest BCUT2D eigenvalue weighted by Crippen LogP contribution is -2.10. The molecule has 7 aromatic carbocycles. The topological polar surface area (TPSA) is 34.5 Å². The largest absolute Gasteiger partial charge is 0.456 e. The Hall–Kier alpha value is -6.33. The molecule has 0 aliphatic heterocycles. The summed E-state index contributed by atoms with van der Waals surface area (Å²) in [4.78, 5) is 2.29. The minimum Gasteiger partial charge on any atom is -0.456 e. The summed E-state index contributed by atoms with van der Waals surface area (Å²) in [5.41, 5.74) is 9.34. The molecular weight excluding hydrogens is 583 g/mol. The SMILES string of the molecule is Fc1ccc(-n2c3ccccc3c3cc(N(c4ccc5c(c4)oc4ccccc45)c4cccc5oc6ccccc6c45)ccc32)cc1. The van der Waals surface area contributed by atoms with Crippen molar-refractivity contribution in [2.75, 3.05) is 4.90 Å². The second-order valence-corrected chi connectivity index (χ2v) is 11.9. The molecule has 4 nitrogen and oxygen atoms in total. The number of fused-ring (bicyclic) bond motifs is 9. The van der Waals surface area contributed by atoms with Gasteiger partial charge in [-0.3, -0.25) is 0 Å². The van der Waals surface area contributed by atoms with E-state index in [9.17, 15) is 4.39 Å². The van der Waals surface area contributed by atoms with Crippen LogP contribution in [0.15, 0.2) is 160 Å². The molecule has 10 aromatic rings. The van der Waals surface area contributed by atoms with Crippen molar-refractivity contribution in [3.63, 3.8) is 0 Å². The summed E-state index contributed by atoms with van der Waals surface area (Å²) in [5, 5.41) is 6.49. The smallest absolute Gasteiger partial charge is 0.137 e. The van der Waals surface area contributed by atoms with Crippen molar-refractivity contribution in [3.05, 3.63) is 157 Å². The van der Waals surface area contributed by atoms with Crippen LogP contribution in [0.2, 0.25) is 0 Å². The number of furan rings is 2. The summed E-state index contributed by atoms with van der Waals surface area (Å²) < 4.78 is 28.8. The van der Waals surface area contributed by atoms with Gasteiger partial charge >= 0.3 is 0 Å². The second-order valence-electron chi connectivity index (χ2n) is 11.9. The summed E-state index contributed by atoms with van der Waals surface area (Å²) in [7, 11) is 0. The third-order valence-corrected chi connectivity index (χ3v) is 9.24. The van der Waals surface area contributed by atoms with Gasteiger partial charge in [0.05, 0.1) is 22.1 Å². The minimum absolute atomic E-state index is 0.255. The average molecular weight is 609 g/mol. The van der Waals surface area contributed by atoms with Crippen LogP contribution < -0.4 is 4.90 Å². The zero-order chi connectivity index (χ0) is 31.1. The number of para-hydroxylation sites is 3. The molecule has 0 bridgehead atoms. The first-order valence-corrected chi connectivity index (χ1v) is 15.6. The highest BCUT2D eigenvalue weighted by molar-refractivity contribution is 6.15. The molecule has 0 amide bonds. The summed E-state index contributed by atoms with van der Waals surface area (Å²) >= 11 is 0. The molecule has 0 spiro atoms. The first-order chi connectivity index (χ1) is 23.2. The van der Waals surface area contributed by atoms with Gasteiger partial charge in [-0.05, 0) is 84.9 Å². The van der Waals surface area contributed by atoms with E-state index in [1.54, 1.807) is 0 Å². The summed E-state index contributed by atoms with van der Waals surface area (Å²) in [6.07, 6.45) is 0. The number of aromatic nitrogens is 1. The fourth-order valence-corrected chi connectivity index (χ4v) is 7.19. The van der Waals surface area contributed by atoms with E-state index in [0.29, 0.717) is 0 Å². The van der Waals surface area contributed by atoms with Crippen molar-refractivity contribution in [2.45, 2.75) is 0 Å². The third-order valence-electron chi connectivity index (χ3n) is 9.24. The predicted molar refractivity (Wildman–Crippen MR) is 190 cm³/mol. The van der Waals surface area contributed by atoms with Crippen LogP contribution in [-0.4, -0.2) is 4.57 Å². The normalized spacial score (nSPS) is 11.9. The standard InChI is InChI=1S/C42H25FN2O2/c43-26-16-18-27(19-17-26)45-35-11-4-1-8-30(35)34-24-28(21-23-36(34)45)44(29-20-22-32-31-9-2-5-13-38(31)47-41(32)25-29)37-12-7-15-40-42(37)33-10-3-6-14-39(33)46-40/h1-25H. The number of anilines is 3. The van der Waals surface area contributed by atoms with E-state index in [-0.39, 0.29) is 5.82 Å². The lowest BCUT2D eigenvalue weighted by molar-refractivity contribution is 0.627. The van der Waals surface area contributed by atoms with Crippen molar-refractivity contribution >= 4 is 82.7 Å². The molecule has 0 aliphatic rings. The highest BCUT2D eigenvalue weighted by Gasteiger charge is 2.22. The molecule has 0 atom stereocenters. The number of rotatable bonds is 4. The Morgan fingerprint density at radius 3 is 1.91 bits per heavy atom. The van der Waals surface area contributed by atoms with Gasteiger partial charge in [0.25, 0.3) is 0 Å². The summed E-state index contributed by atoms with van der Waals surface area (Å²) in [6.45, 7) is 0. The average Bonchev–Trinajstić information content (AvgIpc) is 3.78. The van der Waals surface area contributed by atoms with E-state index in [2.05, 4.69) is 88.3 Å². The van der Waals surface area contributed by atoms with Crippen molar-refractivity contribution in [1.82, 2.24) is 4.57 Å². The third kappa shape index (κ3) is 3.87. The zero-order valence-electron chi connectivity index (χ0n) is 25.0. The summed E-state index contributed by atoms with van der Waals surface area (Å²) in [6, 6.07) is 50.6. The first kappa shape index (κ1) is 25.9. The van der Waals surface area contributed by atoms with Gasteiger partial charge in [0.15, 0.2) is 0 Å². The van der Waals surface area contributed by atoms with Crippen molar-refractivity contribution < 1.29 is 13.2 Å².